The van der Waals surface area contributed by atoms with Gasteiger partial charge in [-0.05, 0) is 49.2 Å². The van der Waals surface area contributed by atoms with Crippen LogP contribution in [0.3, 0.4) is 0 Å². The Kier molecular flexibility index (Phi) is 6.11. The van der Waals surface area contributed by atoms with Crippen molar-refractivity contribution in [3.05, 3.63) is 60.2 Å². The average Bonchev–Trinajstić information content (AvgIpc) is 2.74. The first kappa shape index (κ1) is 20.0. The number of para-hydroxylation sites is 1. The number of carbonyl (C=O) groups excluding carboxylic acids is 2. The average molecular weight is 401 g/mol. The van der Waals surface area contributed by atoms with Crippen molar-refractivity contribution in [3.8, 4) is 0 Å². The van der Waals surface area contributed by atoms with Crippen molar-refractivity contribution in [2.45, 2.75) is 17.7 Å². The number of hydrogen-bond acceptors (Lipinski definition) is 4. The maximum absolute atomic E-state index is 12.8. The number of sulfonamides is 1. The molecule has 2 aromatic carbocycles. The summed E-state index contributed by atoms with van der Waals surface area (Å²) in [6, 6.07) is 15.1. The van der Waals surface area contributed by atoms with E-state index >= 15 is 0 Å². The molecule has 0 aromatic heterocycles. The molecule has 8 heteroatoms. The number of piperidine rings is 1. The van der Waals surface area contributed by atoms with Gasteiger partial charge in [-0.2, -0.15) is 4.31 Å². The Balaban J connectivity index is 1.62. The molecular formula is C20H23N3O4S. The third-order valence-electron chi connectivity index (χ3n) is 4.85. The largest absolute Gasteiger partial charge is 0.355 e. The molecule has 0 bridgehead atoms. The SMILES string of the molecule is CNC(=O)c1ccc(S(=O)(=O)N2CCC(C(=O)Nc3ccccc3)CC2)cc1. The van der Waals surface area contributed by atoms with E-state index in [9.17, 15) is 18.0 Å². The van der Waals surface area contributed by atoms with Crippen LogP contribution in [-0.2, 0) is 14.8 Å². The molecule has 1 aliphatic heterocycles. The fourth-order valence-electron chi connectivity index (χ4n) is 3.20. The summed E-state index contributed by atoms with van der Waals surface area (Å²) >= 11 is 0. The van der Waals surface area contributed by atoms with E-state index < -0.39 is 10.0 Å². The van der Waals surface area contributed by atoms with Crippen LogP contribution < -0.4 is 10.6 Å². The van der Waals surface area contributed by atoms with Crippen LogP contribution in [0.25, 0.3) is 0 Å². The number of anilines is 1. The second-order valence-electron chi connectivity index (χ2n) is 6.64. The van der Waals surface area contributed by atoms with E-state index in [-0.39, 0.29) is 35.7 Å². The predicted octanol–water partition coefficient (Wildman–Crippen LogP) is 2.09. The van der Waals surface area contributed by atoms with E-state index in [1.54, 1.807) is 0 Å². The van der Waals surface area contributed by atoms with Gasteiger partial charge < -0.3 is 10.6 Å². The highest BCUT2D eigenvalue weighted by molar-refractivity contribution is 7.89. The second kappa shape index (κ2) is 8.53. The molecular weight excluding hydrogens is 378 g/mol. The fraction of sp³-hybridized carbons (Fsp3) is 0.300. The van der Waals surface area contributed by atoms with Crippen molar-refractivity contribution >= 4 is 27.5 Å². The summed E-state index contributed by atoms with van der Waals surface area (Å²) in [7, 11) is -2.13. The summed E-state index contributed by atoms with van der Waals surface area (Å²) in [5, 5.41) is 5.37. The zero-order chi connectivity index (χ0) is 20.1. The number of amides is 2. The molecule has 0 aliphatic carbocycles. The Bertz CT molecular complexity index is 935. The number of benzene rings is 2. The predicted molar refractivity (Wildman–Crippen MR) is 106 cm³/mol. The quantitative estimate of drug-likeness (QED) is 0.802. The minimum Gasteiger partial charge on any atom is -0.355 e. The molecule has 148 valence electrons. The van der Waals surface area contributed by atoms with Gasteiger partial charge in [-0.15, -0.1) is 0 Å². The Morgan fingerprint density at radius 3 is 2.14 bits per heavy atom. The second-order valence-corrected chi connectivity index (χ2v) is 8.58. The van der Waals surface area contributed by atoms with E-state index in [1.165, 1.54) is 35.6 Å². The van der Waals surface area contributed by atoms with E-state index in [1.807, 2.05) is 30.3 Å². The Hall–Kier alpha value is -2.71. The maximum Gasteiger partial charge on any atom is 0.251 e. The van der Waals surface area contributed by atoms with Crippen molar-refractivity contribution in [2.24, 2.45) is 5.92 Å². The van der Waals surface area contributed by atoms with Gasteiger partial charge in [0.05, 0.1) is 4.90 Å². The van der Waals surface area contributed by atoms with Gasteiger partial charge in [0.2, 0.25) is 15.9 Å². The number of nitrogens with one attached hydrogen (secondary N) is 2. The van der Waals surface area contributed by atoms with Gasteiger partial charge in [0.25, 0.3) is 5.91 Å². The minimum absolute atomic E-state index is 0.0850. The lowest BCUT2D eigenvalue weighted by atomic mass is 9.97. The summed E-state index contributed by atoms with van der Waals surface area (Å²) in [4.78, 5) is 24.2. The molecule has 0 radical (unpaired) electrons. The van der Waals surface area contributed by atoms with Crippen molar-refractivity contribution in [2.75, 3.05) is 25.5 Å². The fourth-order valence-corrected chi connectivity index (χ4v) is 4.67. The van der Waals surface area contributed by atoms with Crippen molar-refractivity contribution < 1.29 is 18.0 Å². The first-order valence-corrected chi connectivity index (χ1v) is 10.5. The van der Waals surface area contributed by atoms with Crippen LogP contribution in [0.4, 0.5) is 5.69 Å². The third kappa shape index (κ3) is 4.40. The van der Waals surface area contributed by atoms with Gasteiger partial charge in [0.15, 0.2) is 0 Å². The van der Waals surface area contributed by atoms with Gasteiger partial charge in [0.1, 0.15) is 0 Å². The molecule has 3 rings (SSSR count). The summed E-state index contributed by atoms with van der Waals surface area (Å²) in [6.07, 6.45) is 0.933. The standard InChI is InChI=1S/C20H23N3O4S/c1-21-19(24)15-7-9-18(10-8-15)28(26,27)23-13-11-16(12-14-23)20(25)22-17-5-3-2-4-6-17/h2-10,16H,11-14H2,1H3,(H,21,24)(H,22,25). The molecule has 0 atom stereocenters. The van der Waals surface area contributed by atoms with Crippen LogP contribution in [-0.4, -0.2) is 44.7 Å². The van der Waals surface area contributed by atoms with Gasteiger partial charge in [-0.1, -0.05) is 18.2 Å². The number of rotatable bonds is 5. The number of carbonyl (C=O) groups is 2. The molecule has 2 aromatic rings. The summed E-state index contributed by atoms with van der Waals surface area (Å²) in [5.74, 6) is -0.574. The molecule has 1 saturated heterocycles. The Morgan fingerprint density at radius 1 is 0.964 bits per heavy atom. The highest BCUT2D eigenvalue weighted by atomic mass is 32.2. The molecule has 1 aliphatic rings. The summed E-state index contributed by atoms with van der Waals surface area (Å²) in [5.41, 5.74) is 1.14. The smallest absolute Gasteiger partial charge is 0.251 e. The molecule has 7 nitrogen and oxygen atoms in total. The van der Waals surface area contributed by atoms with Crippen LogP contribution in [0.2, 0.25) is 0 Å². The van der Waals surface area contributed by atoms with Crippen LogP contribution in [0, 0.1) is 5.92 Å². The first-order chi connectivity index (χ1) is 13.4. The van der Waals surface area contributed by atoms with Crippen molar-refractivity contribution in [1.82, 2.24) is 9.62 Å². The first-order valence-electron chi connectivity index (χ1n) is 9.10. The topological polar surface area (TPSA) is 95.6 Å². The molecule has 2 N–H and O–H groups in total. The number of nitrogens with zero attached hydrogens (tertiary/aromatic N) is 1. The minimum atomic E-state index is -3.65. The maximum atomic E-state index is 12.8. The van der Waals surface area contributed by atoms with E-state index in [4.69, 9.17) is 0 Å². The van der Waals surface area contributed by atoms with Crippen molar-refractivity contribution in [3.63, 3.8) is 0 Å². The zero-order valence-electron chi connectivity index (χ0n) is 15.6. The summed E-state index contributed by atoms with van der Waals surface area (Å²) < 4.78 is 27.1. The highest BCUT2D eigenvalue weighted by Gasteiger charge is 2.32. The molecule has 1 fully saturated rings. The van der Waals surface area contributed by atoms with Crippen LogP contribution >= 0.6 is 0 Å². The monoisotopic (exact) mass is 401 g/mol. The molecule has 2 amide bonds. The van der Waals surface area contributed by atoms with Crippen LogP contribution in [0.1, 0.15) is 23.2 Å². The van der Waals surface area contributed by atoms with E-state index in [0.29, 0.717) is 18.4 Å². The molecule has 0 spiro atoms. The lowest BCUT2D eigenvalue weighted by Crippen LogP contribution is -2.41. The lowest BCUT2D eigenvalue weighted by Gasteiger charge is -2.30. The molecule has 1 heterocycles. The van der Waals surface area contributed by atoms with Gasteiger partial charge >= 0.3 is 0 Å². The number of hydrogen-bond donors (Lipinski definition) is 2. The van der Waals surface area contributed by atoms with Crippen LogP contribution in [0.15, 0.2) is 59.5 Å². The van der Waals surface area contributed by atoms with Crippen LogP contribution in [0.5, 0.6) is 0 Å². The Labute approximate surface area is 164 Å². The zero-order valence-corrected chi connectivity index (χ0v) is 16.4. The van der Waals surface area contributed by atoms with Gasteiger partial charge in [-0.3, -0.25) is 9.59 Å². The summed E-state index contributed by atoms with van der Waals surface area (Å²) in [6.45, 7) is 0.568. The lowest BCUT2D eigenvalue weighted by molar-refractivity contribution is -0.120. The molecule has 0 saturated carbocycles. The van der Waals surface area contributed by atoms with E-state index in [0.717, 1.165) is 5.69 Å². The third-order valence-corrected chi connectivity index (χ3v) is 6.76. The van der Waals surface area contributed by atoms with Gasteiger partial charge in [-0.25, -0.2) is 8.42 Å². The van der Waals surface area contributed by atoms with Gasteiger partial charge in [0, 0.05) is 37.3 Å². The highest BCUT2D eigenvalue weighted by Crippen LogP contribution is 2.25. The van der Waals surface area contributed by atoms with E-state index in [2.05, 4.69) is 10.6 Å². The normalized spacial score (nSPS) is 15.8. The van der Waals surface area contributed by atoms with Crippen molar-refractivity contribution in [1.29, 1.82) is 0 Å². The molecule has 28 heavy (non-hydrogen) atoms. The molecule has 0 unspecified atom stereocenters. The Morgan fingerprint density at radius 2 is 1.57 bits per heavy atom.